The maximum absolute atomic E-state index is 13.9. The Balaban J connectivity index is 1.42. The van der Waals surface area contributed by atoms with E-state index in [0.29, 0.717) is 18.7 Å². The highest BCUT2D eigenvalue weighted by molar-refractivity contribution is 5.94. The molecule has 3 aromatic rings. The minimum atomic E-state index is -0.473. The molecule has 0 aliphatic carbocycles. The van der Waals surface area contributed by atoms with Crippen molar-refractivity contribution in [3.05, 3.63) is 53.6 Å². The van der Waals surface area contributed by atoms with Gasteiger partial charge in [0.1, 0.15) is 11.6 Å². The number of amides is 1. The fraction of sp³-hybridized carbons (Fsp3) is 0.429. The molecule has 0 bridgehead atoms. The molecule has 1 fully saturated rings. The van der Waals surface area contributed by atoms with Crippen molar-refractivity contribution in [3.63, 3.8) is 0 Å². The second-order valence-corrected chi connectivity index (χ2v) is 8.45. The van der Waals surface area contributed by atoms with Gasteiger partial charge in [-0.3, -0.25) is 4.79 Å². The van der Waals surface area contributed by atoms with Gasteiger partial charge in [0, 0.05) is 24.5 Å². The fourth-order valence-corrected chi connectivity index (χ4v) is 3.57. The number of halogens is 1. The van der Waals surface area contributed by atoms with Crippen molar-refractivity contribution in [1.29, 1.82) is 0 Å². The van der Waals surface area contributed by atoms with Crippen LogP contribution < -0.4 is 5.32 Å². The zero-order chi connectivity index (χ0) is 20.6. The van der Waals surface area contributed by atoms with Crippen molar-refractivity contribution in [1.82, 2.24) is 24.7 Å². The summed E-state index contributed by atoms with van der Waals surface area (Å²) in [6.07, 6.45) is 1.54. The molecule has 1 N–H and O–H groups in total. The molecule has 3 heterocycles. The summed E-state index contributed by atoms with van der Waals surface area (Å²) in [6, 6.07) is 10.1. The molecule has 0 spiro atoms. The lowest BCUT2D eigenvalue weighted by Gasteiger charge is -2.32. The van der Waals surface area contributed by atoms with E-state index in [4.69, 9.17) is 0 Å². The number of piperidine rings is 1. The number of fused-ring (bicyclic) bond motifs is 1. The number of hydrogen-bond acceptors (Lipinski definition) is 5. The van der Waals surface area contributed by atoms with Crippen LogP contribution in [-0.2, 0) is 5.41 Å². The van der Waals surface area contributed by atoms with E-state index in [1.807, 2.05) is 12.1 Å². The summed E-state index contributed by atoms with van der Waals surface area (Å²) < 4.78 is 15.7. The number of anilines is 1. The van der Waals surface area contributed by atoms with Crippen molar-refractivity contribution in [2.75, 3.05) is 18.4 Å². The Kier molecular flexibility index (Phi) is 4.94. The number of hydrogen-bond donors (Lipinski definition) is 1. The lowest BCUT2D eigenvalue weighted by Crippen LogP contribution is -2.42. The third kappa shape index (κ3) is 3.92. The topological polar surface area (TPSA) is 75.4 Å². The number of benzene rings is 1. The number of nitrogens with one attached hydrogen (secondary N) is 1. The van der Waals surface area contributed by atoms with Crippen molar-refractivity contribution >= 4 is 17.4 Å². The molecule has 152 valence electrons. The Morgan fingerprint density at radius 1 is 1.10 bits per heavy atom. The molecule has 0 unspecified atom stereocenters. The first-order valence-electron chi connectivity index (χ1n) is 9.86. The fourth-order valence-electron chi connectivity index (χ4n) is 3.57. The van der Waals surface area contributed by atoms with Crippen LogP contribution in [0.15, 0.2) is 36.4 Å². The van der Waals surface area contributed by atoms with E-state index in [2.05, 4.69) is 41.4 Å². The first-order valence-corrected chi connectivity index (χ1v) is 9.86. The average molecular weight is 396 g/mol. The molecule has 1 aliphatic heterocycles. The van der Waals surface area contributed by atoms with Crippen molar-refractivity contribution in [2.45, 2.75) is 45.1 Å². The summed E-state index contributed by atoms with van der Waals surface area (Å²) in [5.74, 6) is 0.836. The van der Waals surface area contributed by atoms with E-state index in [1.54, 1.807) is 21.5 Å². The smallest absolute Gasteiger partial charge is 0.256 e. The molecule has 0 saturated carbocycles. The van der Waals surface area contributed by atoms with Crippen LogP contribution >= 0.6 is 0 Å². The van der Waals surface area contributed by atoms with Gasteiger partial charge in [-0.05, 0) is 37.1 Å². The molecular formula is C21H25FN6O. The lowest BCUT2D eigenvalue weighted by atomic mass is 9.96. The normalized spacial score (nSPS) is 15.7. The molecule has 1 amide bonds. The van der Waals surface area contributed by atoms with E-state index in [0.717, 1.165) is 24.5 Å². The molecular weight excluding hydrogens is 371 g/mol. The lowest BCUT2D eigenvalue weighted by molar-refractivity contribution is 0.0713. The number of aromatic nitrogens is 4. The van der Waals surface area contributed by atoms with Crippen LogP contribution in [0.2, 0.25) is 0 Å². The standard InChI is InChI=1S/C21H25FN6O/c1-21(2,3)20-25-24-18-9-8-17(26-28(18)20)23-14-10-12-27(13-11-14)19(29)15-6-4-5-7-16(15)22/h4-9,14H,10-13H2,1-3H3,(H,23,26). The Morgan fingerprint density at radius 2 is 1.83 bits per heavy atom. The summed E-state index contributed by atoms with van der Waals surface area (Å²) in [5.41, 5.74) is 0.683. The maximum atomic E-state index is 13.9. The number of likely N-dealkylation sites (tertiary alicyclic amines) is 1. The zero-order valence-corrected chi connectivity index (χ0v) is 16.9. The van der Waals surface area contributed by atoms with Gasteiger partial charge in [0.05, 0.1) is 5.56 Å². The third-order valence-corrected chi connectivity index (χ3v) is 5.17. The van der Waals surface area contributed by atoms with Gasteiger partial charge >= 0.3 is 0 Å². The Morgan fingerprint density at radius 3 is 2.52 bits per heavy atom. The quantitative estimate of drug-likeness (QED) is 0.735. The number of nitrogens with zero attached hydrogens (tertiary/aromatic N) is 5. The second kappa shape index (κ2) is 7.42. The zero-order valence-electron chi connectivity index (χ0n) is 16.9. The molecule has 8 heteroatoms. The SMILES string of the molecule is CC(C)(C)c1nnc2ccc(NC3CCN(C(=O)c4ccccc4F)CC3)nn12. The van der Waals surface area contributed by atoms with Crippen molar-refractivity contribution in [2.24, 2.45) is 0 Å². The molecule has 7 nitrogen and oxygen atoms in total. The third-order valence-electron chi connectivity index (χ3n) is 5.17. The van der Waals surface area contributed by atoms with E-state index < -0.39 is 5.82 Å². The van der Waals surface area contributed by atoms with Crippen LogP contribution in [0.3, 0.4) is 0 Å². The van der Waals surface area contributed by atoms with E-state index >= 15 is 0 Å². The van der Waals surface area contributed by atoms with Crippen LogP contribution in [0.25, 0.3) is 5.65 Å². The highest BCUT2D eigenvalue weighted by Crippen LogP contribution is 2.22. The first-order chi connectivity index (χ1) is 13.8. The Labute approximate surface area is 168 Å². The highest BCUT2D eigenvalue weighted by atomic mass is 19.1. The molecule has 0 radical (unpaired) electrons. The summed E-state index contributed by atoms with van der Waals surface area (Å²) in [4.78, 5) is 14.3. The van der Waals surface area contributed by atoms with Gasteiger partial charge in [-0.2, -0.15) is 4.52 Å². The predicted molar refractivity (Wildman–Crippen MR) is 108 cm³/mol. The second-order valence-electron chi connectivity index (χ2n) is 8.45. The van der Waals surface area contributed by atoms with Gasteiger partial charge in [0.15, 0.2) is 11.5 Å². The average Bonchev–Trinajstić information content (AvgIpc) is 3.12. The van der Waals surface area contributed by atoms with Gasteiger partial charge in [0.25, 0.3) is 5.91 Å². The highest BCUT2D eigenvalue weighted by Gasteiger charge is 2.26. The molecule has 0 atom stereocenters. The van der Waals surface area contributed by atoms with Gasteiger partial charge in [0.2, 0.25) is 0 Å². The molecule has 1 aliphatic rings. The maximum Gasteiger partial charge on any atom is 0.256 e. The first kappa shape index (κ1) is 19.3. The molecule has 1 aromatic carbocycles. The van der Waals surface area contributed by atoms with Gasteiger partial charge in [-0.1, -0.05) is 32.9 Å². The van der Waals surface area contributed by atoms with Crippen LogP contribution in [0.5, 0.6) is 0 Å². The molecule has 29 heavy (non-hydrogen) atoms. The van der Waals surface area contributed by atoms with Gasteiger partial charge in [-0.25, -0.2) is 4.39 Å². The van der Waals surface area contributed by atoms with E-state index in [9.17, 15) is 9.18 Å². The van der Waals surface area contributed by atoms with E-state index in [-0.39, 0.29) is 22.9 Å². The monoisotopic (exact) mass is 396 g/mol. The Bertz CT molecular complexity index is 1030. The van der Waals surface area contributed by atoms with Crippen LogP contribution in [0.4, 0.5) is 10.2 Å². The van der Waals surface area contributed by atoms with Crippen molar-refractivity contribution < 1.29 is 9.18 Å². The minimum Gasteiger partial charge on any atom is -0.366 e. The van der Waals surface area contributed by atoms with Gasteiger partial charge < -0.3 is 10.2 Å². The van der Waals surface area contributed by atoms with Gasteiger partial charge in [-0.15, -0.1) is 15.3 Å². The summed E-state index contributed by atoms with van der Waals surface area (Å²) in [7, 11) is 0. The van der Waals surface area contributed by atoms with Crippen LogP contribution in [0, 0.1) is 5.82 Å². The van der Waals surface area contributed by atoms with Crippen molar-refractivity contribution in [3.8, 4) is 0 Å². The molecule has 4 rings (SSSR count). The van der Waals surface area contributed by atoms with E-state index in [1.165, 1.54) is 12.1 Å². The number of carbonyl (C=O) groups is 1. The largest absolute Gasteiger partial charge is 0.366 e. The number of rotatable bonds is 3. The molecule has 1 saturated heterocycles. The minimum absolute atomic E-state index is 0.133. The summed E-state index contributed by atoms with van der Waals surface area (Å²) in [5, 5.41) is 16.6. The molecule has 2 aromatic heterocycles. The predicted octanol–water partition coefficient (Wildman–Crippen LogP) is 3.28. The summed E-state index contributed by atoms with van der Waals surface area (Å²) >= 11 is 0. The Hall–Kier alpha value is -3.03. The number of carbonyl (C=O) groups excluding carboxylic acids is 1. The van der Waals surface area contributed by atoms with Crippen LogP contribution in [-0.4, -0.2) is 49.7 Å². The van der Waals surface area contributed by atoms with Crippen LogP contribution in [0.1, 0.15) is 49.8 Å². The summed E-state index contributed by atoms with van der Waals surface area (Å²) in [6.45, 7) is 7.38.